The lowest BCUT2D eigenvalue weighted by molar-refractivity contribution is -0.155. The van der Waals surface area contributed by atoms with E-state index >= 15 is 0 Å². The lowest BCUT2D eigenvalue weighted by Gasteiger charge is -2.18. The van der Waals surface area contributed by atoms with Crippen LogP contribution in [0.2, 0.25) is 0 Å². The van der Waals surface area contributed by atoms with Gasteiger partial charge in [-0.3, -0.25) is 4.79 Å². The molecule has 4 aromatic heterocycles. The number of aliphatic hydroxyl groups excluding tert-OH is 2. The number of carbonyl (C=O) groups excluding carboxylic acids is 6. The molecule has 0 amide bonds. The van der Waals surface area contributed by atoms with Gasteiger partial charge in [-0.1, -0.05) is 39.5 Å². The second-order valence-corrected chi connectivity index (χ2v) is 21.8. The lowest BCUT2D eigenvalue weighted by Crippen LogP contribution is -2.31. The van der Waals surface area contributed by atoms with Crippen molar-refractivity contribution in [3.05, 3.63) is 236 Å². The molecule has 27 heteroatoms. The third-order valence-corrected chi connectivity index (χ3v) is 12.4. The molecule has 1 saturated heterocycles. The molecule has 8 aromatic rings. The monoisotopic (exact) mass is 1390 g/mol. The van der Waals surface area contributed by atoms with Crippen LogP contribution in [0.1, 0.15) is 41.5 Å². The van der Waals surface area contributed by atoms with Gasteiger partial charge in [-0.05, 0) is 126 Å². The fraction of sp³-hybridized carbons (Fsp3) is 0.250. The van der Waals surface area contributed by atoms with Crippen LogP contribution in [0.5, 0.6) is 23.0 Å². The van der Waals surface area contributed by atoms with Gasteiger partial charge in [0.05, 0.1) is 6.61 Å². The summed E-state index contributed by atoms with van der Waals surface area (Å²) < 4.78 is 65.9. The summed E-state index contributed by atoms with van der Waals surface area (Å²) in [5.74, 6) is -1.32. The minimum atomic E-state index is -0.971. The maximum absolute atomic E-state index is 11.8. The van der Waals surface area contributed by atoms with Crippen molar-refractivity contribution in [2.24, 2.45) is 0 Å². The van der Waals surface area contributed by atoms with Crippen molar-refractivity contribution in [1.82, 2.24) is 0 Å². The first-order chi connectivity index (χ1) is 46.8. The molecule has 0 radical (unpaired) electrons. The highest BCUT2D eigenvalue weighted by molar-refractivity contribution is 6.67. The Kier molecular flexibility index (Phi) is 32.5. The van der Waals surface area contributed by atoms with E-state index in [2.05, 4.69) is 39.5 Å². The Morgan fingerprint density at radius 1 is 0.424 bits per heavy atom. The Morgan fingerprint density at radius 3 is 1.04 bits per heavy atom. The van der Waals surface area contributed by atoms with E-state index in [1.54, 1.807) is 105 Å². The number of rotatable bonds is 24. The fourth-order valence-electron chi connectivity index (χ4n) is 6.82. The minimum absolute atomic E-state index is 0.0634. The van der Waals surface area contributed by atoms with Gasteiger partial charge in [-0.25, -0.2) is 43.2 Å². The van der Waals surface area contributed by atoms with Crippen molar-refractivity contribution in [2.45, 2.75) is 66.0 Å². The predicted octanol–water partition coefficient (Wildman–Crippen LogP) is 9.41. The molecular formula is C72H73ClO26. The molecule has 4 aromatic carbocycles. The van der Waals surface area contributed by atoms with Crippen molar-refractivity contribution in [1.29, 1.82) is 0 Å². The van der Waals surface area contributed by atoms with Gasteiger partial charge in [0.25, 0.3) is 0 Å². The molecule has 1 aliphatic heterocycles. The summed E-state index contributed by atoms with van der Waals surface area (Å²) in [4.78, 5) is 111. The highest BCUT2D eigenvalue weighted by atomic mass is 35.5. The summed E-state index contributed by atoms with van der Waals surface area (Å²) in [6.45, 7) is 30.1. The summed E-state index contributed by atoms with van der Waals surface area (Å²) in [6.07, 6.45) is -2.65. The molecule has 0 spiro atoms. The molecule has 5 heterocycles. The van der Waals surface area contributed by atoms with Crippen LogP contribution in [0, 0.1) is 0 Å². The van der Waals surface area contributed by atoms with E-state index in [-0.39, 0.29) is 79.8 Å². The number of aliphatic hydroxyl groups is 2. The maximum atomic E-state index is 11.8. The normalized spacial score (nSPS) is 12.4. The van der Waals surface area contributed by atoms with Gasteiger partial charge in [0, 0.05) is 104 Å². The van der Waals surface area contributed by atoms with E-state index in [9.17, 15) is 58.2 Å². The third-order valence-electron chi connectivity index (χ3n) is 12.1. The highest BCUT2D eigenvalue weighted by Crippen LogP contribution is 2.23. The molecule has 0 bridgehead atoms. The maximum Gasteiger partial charge on any atom is 0.336 e. The number of carbonyl (C=O) groups is 6. The number of hydrogen-bond donors (Lipinski definition) is 3. The molecular weight excluding hydrogens is 1320 g/mol. The topological polar surface area (TPSA) is 370 Å². The van der Waals surface area contributed by atoms with E-state index < -0.39 is 69.9 Å². The van der Waals surface area contributed by atoms with E-state index in [0.29, 0.717) is 63.9 Å². The minimum Gasteiger partial charge on any atom is -0.508 e. The van der Waals surface area contributed by atoms with Crippen molar-refractivity contribution < 1.29 is 104 Å². The number of esters is 5. The number of phenolic OH excluding ortho intramolecular Hbond substituents is 1. The molecule has 3 N–H and O–H groups in total. The quantitative estimate of drug-likeness (QED) is 0.0126. The lowest BCUT2D eigenvalue weighted by atomic mass is 10.2. The molecule has 0 aliphatic carbocycles. The second kappa shape index (κ2) is 40.2. The fourth-order valence-corrected chi connectivity index (χ4v) is 6.82. The zero-order chi connectivity index (χ0) is 73.5. The van der Waals surface area contributed by atoms with Gasteiger partial charge in [0.15, 0.2) is 6.10 Å². The number of ether oxygens (including phenoxy) is 9. The van der Waals surface area contributed by atoms with Crippen LogP contribution in [-0.4, -0.2) is 128 Å². The number of halogens is 1. The van der Waals surface area contributed by atoms with Crippen molar-refractivity contribution in [3.8, 4) is 23.0 Å². The van der Waals surface area contributed by atoms with Crippen molar-refractivity contribution in [2.75, 3.05) is 52.9 Å². The molecule has 4 unspecified atom stereocenters. The average molecular weight is 1390 g/mol. The number of hydrogen-bond acceptors (Lipinski definition) is 26. The van der Waals surface area contributed by atoms with Crippen LogP contribution in [0.3, 0.4) is 0 Å². The van der Waals surface area contributed by atoms with Gasteiger partial charge < -0.3 is 75.6 Å². The largest absolute Gasteiger partial charge is 0.508 e. The number of epoxide rings is 1. The predicted molar refractivity (Wildman–Crippen MR) is 363 cm³/mol. The standard InChI is InChI=1S/C20H20O7.2C16H16O6.C9H6O3.C7H10O3.C4H5ClO/c1-12(2)19(22)25-11-16(26-20(23)13(3)4)10-24-15-7-5-14-6-8-18(21)27-17(14)9-15;2*1-10(2)16(19)21-9-12(17)8-20-13-5-3-11-4-6-15(18)22-14(11)7-13;10-7-3-1-6-2-4-9(11)12-8(6)5-7;1-5(2)7(8)10-4-6-3-9-6;1-3(2)4(5)6/h5-9,16H,1,3,10-11H2,2,4H3;2*3-7,12,17H,1,8-9H2,2H3;1-5,10H;6H,1,3-4H2,2H3;1H2,2H3. The van der Waals surface area contributed by atoms with Gasteiger partial charge in [0.2, 0.25) is 5.24 Å². The molecule has 1 fully saturated rings. The number of aromatic hydroxyl groups is 1. The molecule has 1 aliphatic rings. The SMILES string of the molecule is C=C(C)C(=O)Cl.C=C(C)C(=O)OCC(COc1ccc2ccc(=O)oc2c1)OC(=O)C(=C)C.C=C(C)C(=O)OCC(O)COc1ccc2ccc(=O)oc2c1.C=C(C)C(=O)OCC(O)COc1ccc2ccc(=O)oc2c1.C=C(C)C(=O)OCC1CO1.O=c1ccc2ccc(O)cc2o1. The van der Waals surface area contributed by atoms with Gasteiger partial charge in [0.1, 0.15) is 110 Å². The Bertz CT molecular complexity index is 4350. The highest BCUT2D eigenvalue weighted by Gasteiger charge is 2.24. The van der Waals surface area contributed by atoms with Crippen LogP contribution in [-0.2, 0) is 57.2 Å². The number of benzene rings is 4. The Labute approximate surface area is 570 Å². The summed E-state index contributed by atoms with van der Waals surface area (Å²) in [5.41, 5.74) is 1.56. The van der Waals surface area contributed by atoms with Gasteiger partial charge in [-0.2, -0.15) is 0 Å². The smallest absolute Gasteiger partial charge is 0.336 e. The number of phenols is 1. The molecule has 26 nitrogen and oxygen atoms in total. The Hall–Kier alpha value is -11.5. The van der Waals surface area contributed by atoms with E-state index in [1.165, 1.54) is 58.0 Å². The van der Waals surface area contributed by atoms with Crippen molar-refractivity contribution >= 4 is 90.6 Å². The van der Waals surface area contributed by atoms with E-state index in [4.69, 9.17) is 77.0 Å². The van der Waals surface area contributed by atoms with Crippen LogP contribution in [0.15, 0.2) is 231 Å². The number of allylic oxidation sites excluding steroid dienone is 1. The van der Waals surface area contributed by atoms with Crippen LogP contribution in [0.4, 0.5) is 0 Å². The molecule has 9 rings (SSSR count). The molecule has 4 atom stereocenters. The van der Waals surface area contributed by atoms with Gasteiger partial charge in [-0.15, -0.1) is 0 Å². The Balaban J connectivity index is 0.000000266. The average Bonchev–Trinajstić information content (AvgIpc) is 1.40. The number of fused-ring (bicyclic) bond motifs is 4. The molecule has 99 heavy (non-hydrogen) atoms. The van der Waals surface area contributed by atoms with Crippen molar-refractivity contribution in [3.63, 3.8) is 0 Å². The summed E-state index contributed by atoms with van der Waals surface area (Å²) in [6, 6.07) is 31.5. The first-order valence-electron chi connectivity index (χ1n) is 29.5. The van der Waals surface area contributed by atoms with Gasteiger partial charge >= 0.3 is 52.3 Å². The third kappa shape index (κ3) is 30.4. The summed E-state index contributed by atoms with van der Waals surface area (Å²) in [5, 5.41) is 31.1. The molecule has 0 saturated carbocycles. The van der Waals surface area contributed by atoms with Crippen LogP contribution in [0.25, 0.3) is 43.9 Å². The van der Waals surface area contributed by atoms with Crippen LogP contribution < -0.4 is 36.7 Å². The summed E-state index contributed by atoms with van der Waals surface area (Å²) in [7, 11) is 0. The zero-order valence-corrected chi connectivity index (χ0v) is 55.6. The first-order valence-corrected chi connectivity index (χ1v) is 29.9. The van der Waals surface area contributed by atoms with E-state index in [1.807, 2.05) is 0 Å². The summed E-state index contributed by atoms with van der Waals surface area (Å²) >= 11 is 4.87. The Morgan fingerprint density at radius 2 is 0.717 bits per heavy atom. The molecule has 524 valence electrons. The first kappa shape index (κ1) is 80.0. The van der Waals surface area contributed by atoms with E-state index in [0.717, 1.165) is 21.5 Å². The van der Waals surface area contributed by atoms with Crippen LogP contribution >= 0.6 is 11.6 Å². The second-order valence-electron chi connectivity index (χ2n) is 21.4. The zero-order valence-electron chi connectivity index (χ0n) is 54.9.